The maximum atomic E-state index is 12.8. The predicted octanol–water partition coefficient (Wildman–Crippen LogP) is 2.74. The molecule has 9 heteroatoms. The zero-order valence-corrected chi connectivity index (χ0v) is 18.7. The summed E-state index contributed by atoms with van der Waals surface area (Å²) in [6.07, 6.45) is 8.69. The number of carbonyl (C=O) groups is 2. The maximum absolute atomic E-state index is 12.8. The van der Waals surface area contributed by atoms with E-state index in [2.05, 4.69) is 25.1 Å². The molecule has 0 aromatic carbocycles. The number of ether oxygens (including phenoxy) is 1. The van der Waals surface area contributed by atoms with Crippen molar-refractivity contribution >= 4 is 34.2 Å². The van der Waals surface area contributed by atoms with Crippen molar-refractivity contribution in [3.63, 3.8) is 0 Å². The average molecular weight is 444 g/mol. The molecule has 0 atom stereocenters. The van der Waals surface area contributed by atoms with Gasteiger partial charge in [0.15, 0.2) is 0 Å². The van der Waals surface area contributed by atoms with Gasteiger partial charge in [0.1, 0.15) is 5.00 Å². The summed E-state index contributed by atoms with van der Waals surface area (Å²) in [6, 6.07) is 1.80. The predicted molar refractivity (Wildman–Crippen MR) is 121 cm³/mol. The van der Waals surface area contributed by atoms with E-state index in [4.69, 9.17) is 4.74 Å². The van der Waals surface area contributed by atoms with Crippen molar-refractivity contribution < 1.29 is 14.3 Å². The number of aromatic nitrogens is 2. The van der Waals surface area contributed by atoms with Gasteiger partial charge in [0.25, 0.3) is 0 Å². The number of carbonyl (C=O) groups excluding carboxylic acids is 2. The van der Waals surface area contributed by atoms with Crippen LogP contribution in [0.3, 0.4) is 0 Å². The van der Waals surface area contributed by atoms with E-state index >= 15 is 0 Å². The van der Waals surface area contributed by atoms with Gasteiger partial charge in [0.2, 0.25) is 11.9 Å². The lowest BCUT2D eigenvalue weighted by Gasteiger charge is -2.34. The molecule has 2 aromatic rings. The van der Waals surface area contributed by atoms with Crippen molar-refractivity contribution in [2.45, 2.75) is 39.0 Å². The molecule has 4 rings (SSSR count). The van der Waals surface area contributed by atoms with Crippen LogP contribution in [0.25, 0.3) is 0 Å². The van der Waals surface area contributed by atoms with Crippen molar-refractivity contribution in [2.75, 3.05) is 49.5 Å². The summed E-state index contributed by atoms with van der Waals surface area (Å²) in [5.74, 6) is 0.311. The number of anilines is 2. The van der Waals surface area contributed by atoms with Gasteiger partial charge < -0.3 is 15.0 Å². The Bertz CT molecular complexity index is 909. The third-order valence-electron chi connectivity index (χ3n) is 5.73. The van der Waals surface area contributed by atoms with Crippen molar-refractivity contribution in [2.24, 2.45) is 0 Å². The monoisotopic (exact) mass is 443 g/mol. The molecule has 166 valence electrons. The number of rotatable bonds is 6. The molecule has 31 heavy (non-hydrogen) atoms. The van der Waals surface area contributed by atoms with Crippen LogP contribution in [0.5, 0.6) is 0 Å². The van der Waals surface area contributed by atoms with E-state index < -0.39 is 0 Å². The van der Waals surface area contributed by atoms with Gasteiger partial charge in [-0.25, -0.2) is 14.8 Å². The Morgan fingerprint density at radius 1 is 1.10 bits per heavy atom. The maximum Gasteiger partial charge on any atom is 0.341 e. The van der Waals surface area contributed by atoms with E-state index in [1.165, 1.54) is 11.3 Å². The van der Waals surface area contributed by atoms with Gasteiger partial charge in [-0.05, 0) is 44.2 Å². The minimum absolute atomic E-state index is 0.0913. The Morgan fingerprint density at radius 2 is 1.84 bits per heavy atom. The third-order valence-corrected chi connectivity index (χ3v) is 6.94. The van der Waals surface area contributed by atoms with Crippen LogP contribution in [-0.2, 0) is 22.4 Å². The highest BCUT2D eigenvalue weighted by molar-refractivity contribution is 7.17. The summed E-state index contributed by atoms with van der Waals surface area (Å²) in [4.78, 5) is 39.5. The Labute approximate surface area is 186 Å². The fourth-order valence-corrected chi connectivity index (χ4v) is 5.47. The van der Waals surface area contributed by atoms with Crippen molar-refractivity contribution in [1.82, 2.24) is 14.9 Å². The summed E-state index contributed by atoms with van der Waals surface area (Å²) in [5.41, 5.74) is 1.65. The summed E-state index contributed by atoms with van der Waals surface area (Å²) >= 11 is 1.54. The molecule has 1 fully saturated rings. The molecule has 0 saturated carbocycles. The van der Waals surface area contributed by atoms with Gasteiger partial charge in [0.05, 0.1) is 18.7 Å². The Hall–Kier alpha value is -2.52. The van der Waals surface area contributed by atoms with Gasteiger partial charge in [0, 0.05) is 43.4 Å². The zero-order valence-electron chi connectivity index (χ0n) is 17.9. The molecule has 1 saturated heterocycles. The lowest BCUT2D eigenvalue weighted by molar-refractivity contribution is -0.117. The number of hydrogen-bond donors (Lipinski definition) is 1. The van der Waals surface area contributed by atoms with Gasteiger partial charge in [-0.3, -0.25) is 9.69 Å². The molecule has 0 bridgehead atoms. The number of nitrogens with one attached hydrogen (secondary N) is 1. The lowest BCUT2D eigenvalue weighted by atomic mass is 10.1. The minimum Gasteiger partial charge on any atom is -0.462 e. The molecule has 1 aliphatic carbocycles. The molecular weight excluding hydrogens is 414 g/mol. The topological polar surface area (TPSA) is 87.7 Å². The Kier molecular flexibility index (Phi) is 7.14. The second kappa shape index (κ2) is 10.2. The van der Waals surface area contributed by atoms with Gasteiger partial charge in [-0.15, -0.1) is 11.3 Å². The van der Waals surface area contributed by atoms with Gasteiger partial charge in [-0.2, -0.15) is 0 Å². The molecule has 1 N–H and O–H groups in total. The first-order valence-electron chi connectivity index (χ1n) is 11.0. The standard InChI is InChI=1S/C22H29N5O3S/c1-2-30-21(29)19-16-7-4-3-5-8-17(16)31-20(19)25-18(28)15-26-11-13-27(14-12-26)22-23-9-6-10-24-22/h6,9-10H,2-5,7-8,11-15H2,1H3,(H,25,28). The first kappa shape index (κ1) is 21.7. The number of hydrogen-bond acceptors (Lipinski definition) is 8. The summed E-state index contributed by atoms with van der Waals surface area (Å²) in [6.45, 7) is 5.51. The van der Waals surface area contributed by atoms with E-state index in [0.717, 1.165) is 63.4 Å². The number of nitrogens with zero attached hydrogens (tertiary/aromatic N) is 4. The number of aryl methyl sites for hydroxylation is 1. The lowest BCUT2D eigenvalue weighted by Crippen LogP contribution is -2.49. The molecule has 0 radical (unpaired) electrons. The van der Waals surface area contributed by atoms with Crippen LogP contribution in [0.1, 0.15) is 47.0 Å². The smallest absolute Gasteiger partial charge is 0.341 e. The summed E-state index contributed by atoms with van der Waals surface area (Å²) in [5, 5.41) is 3.66. The van der Waals surface area contributed by atoms with Crippen LogP contribution in [-0.4, -0.2) is 66.1 Å². The second-order valence-electron chi connectivity index (χ2n) is 7.85. The summed E-state index contributed by atoms with van der Waals surface area (Å²) < 4.78 is 5.31. The number of thiophene rings is 1. The van der Waals surface area contributed by atoms with Crippen molar-refractivity contribution in [3.8, 4) is 0 Å². The molecule has 1 amide bonds. The summed E-state index contributed by atoms with van der Waals surface area (Å²) in [7, 11) is 0. The van der Waals surface area contributed by atoms with E-state index in [0.29, 0.717) is 23.7 Å². The average Bonchev–Trinajstić information content (AvgIpc) is 2.95. The van der Waals surface area contributed by atoms with Crippen LogP contribution >= 0.6 is 11.3 Å². The number of amides is 1. The molecule has 2 aliphatic rings. The largest absolute Gasteiger partial charge is 0.462 e. The Morgan fingerprint density at radius 3 is 2.58 bits per heavy atom. The highest BCUT2D eigenvalue weighted by atomic mass is 32.1. The molecule has 0 unspecified atom stereocenters. The first-order chi connectivity index (χ1) is 15.2. The molecule has 8 nitrogen and oxygen atoms in total. The normalized spacial score (nSPS) is 17.0. The third kappa shape index (κ3) is 5.22. The van der Waals surface area contributed by atoms with E-state index in [1.54, 1.807) is 36.7 Å². The van der Waals surface area contributed by atoms with Crippen molar-refractivity contribution in [1.29, 1.82) is 0 Å². The van der Waals surface area contributed by atoms with E-state index in [-0.39, 0.29) is 11.9 Å². The van der Waals surface area contributed by atoms with Crippen LogP contribution in [0.15, 0.2) is 18.5 Å². The van der Waals surface area contributed by atoms with E-state index in [1.807, 2.05) is 0 Å². The zero-order chi connectivity index (χ0) is 21.6. The molecule has 2 aromatic heterocycles. The highest BCUT2D eigenvalue weighted by Gasteiger charge is 2.27. The van der Waals surface area contributed by atoms with Crippen LogP contribution in [0.2, 0.25) is 0 Å². The van der Waals surface area contributed by atoms with Gasteiger partial charge >= 0.3 is 5.97 Å². The SMILES string of the molecule is CCOC(=O)c1c(NC(=O)CN2CCN(c3ncccn3)CC2)sc2c1CCCCC2. The van der Waals surface area contributed by atoms with Crippen LogP contribution < -0.4 is 10.2 Å². The van der Waals surface area contributed by atoms with Crippen molar-refractivity contribution in [3.05, 3.63) is 34.5 Å². The van der Waals surface area contributed by atoms with Crippen LogP contribution in [0.4, 0.5) is 10.9 Å². The molecule has 0 spiro atoms. The van der Waals surface area contributed by atoms with Gasteiger partial charge in [-0.1, -0.05) is 6.42 Å². The molecule has 3 heterocycles. The fraction of sp³-hybridized carbons (Fsp3) is 0.545. The van der Waals surface area contributed by atoms with Crippen LogP contribution in [0, 0.1) is 0 Å². The fourth-order valence-electron chi connectivity index (χ4n) is 4.18. The quantitative estimate of drug-likeness (QED) is 0.542. The molecule has 1 aliphatic heterocycles. The highest BCUT2D eigenvalue weighted by Crippen LogP contribution is 2.38. The van der Waals surface area contributed by atoms with E-state index in [9.17, 15) is 9.59 Å². The number of esters is 1. The first-order valence-corrected chi connectivity index (χ1v) is 11.8. The Balaban J connectivity index is 1.39. The number of piperazine rings is 1. The minimum atomic E-state index is -0.325. The molecular formula is C22H29N5O3S. The number of fused-ring (bicyclic) bond motifs is 1. The second-order valence-corrected chi connectivity index (χ2v) is 8.95.